The van der Waals surface area contributed by atoms with Crippen LogP contribution in [0.5, 0.6) is 0 Å². The van der Waals surface area contributed by atoms with E-state index in [0.29, 0.717) is 13.1 Å². The summed E-state index contributed by atoms with van der Waals surface area (Å²) in [5.41, 5.74) is 1.23. The standard InChI is InChI=1S/C22H30N4O3/c1-2-3-11-23-21(27)22(28)24-17-19(20-10-7-16-29-20)26-14-12-25(13-15-26)18-8-5-4-6-9-18/h4-10,16,19H,2-3,11-15,17H2,1H3,(H,23,27)(H,24,28)/p+1/t19-/m1/s1. The van der Waals surface area contributed by atoms with Gasteiger partial charge in [0.05, 0.1) is 39.0 Å². The Kier molecular flexibility index (Phi) is 7.69. The van der Waals surface area contributed by atoms with Crippen LogP contribution in [0.1, 0.15) is 31.6 Å². The van der Waals surface area contributed by atoms with E-state index in [0.717, 1.165) is 44.8 Å². The van der Waals surface area contributed by atoms with Gasteiger partial charge >= 0.3 is 11.8 Å². The number of carbonyl (C=O) groups excluding carboxylic acids is 2. The van der Waals surface area contributed by atoms with E-state index in [2.05, 4.69) is 39.8 Å². The van der Waals surface area contributed by atoms with Crippen molar-refractivity contribution in [3.8, 4) is 0 Å². The number of carbonyl (C=O) groups is 2. The lowest BCUT2D eigenvalue weighted by Crippen LogP contribution is -3.15. The number of unbranched alkanes of at least 4 members (excludes halogenated alkanes) is 1. The Labute approximate surface area is 172 Å². The Bertz CT molecular complexity index is 756. The molecule has 3 rings (SSSR count). The number of benzene rings is 1. The summed E-state index contributed by atoms with van der Waals surface area (Å²) >= 11 is 0. The second-order valence-corrected chi connectivity index (χ2v) is 7.37. The van der Waals surface area contributed by atoms with Crippen molar-refractivity contribution in [1.82, 2.24) is 10.6 Å². The zero-order chi connectivity index (χ0) is 20.5. The van der Waals surface area contributed by atoms with Gasteiger partial charge in [0.25, 0.3) is 0 Å². The summed E-state index contributed by atoms with van der Waals surface area (Å²) in [6, 6.07) is 14.2. The molecule has 1 saturated heterocycles. The number of quaternary nitrogens is 1. The van der Waals surface area contributed by atoms with Gasteiger partial charge in [-0.2, -0.15) is 0 Å². The molecule has 0 bridgehead atoms. The second-order valence-electron chi connectivity index (χ2n) is 7.37. The number of nitrogens with one attached hydrogen (secondary N) is 3. The van der Waals surface area contributed by atoms with Crippen molar-refractivity contribution in [3.63, 3.8) is 0 Å². The van der Waals surface area contributed by atoms with Crippen LogP contribution in [0.2, 0.25) is 0 Å². The molecule has 7 nitrogen and oxygen atoms in total. The fourth-order valence-electron chi connectivity index (χ4n) is 3.71. The van der Waals surface area contributed by atoms with Gasteiger partial charge < -0.3 is 24.9 Å². The molecule has 0 spiro atoms. The minimum Gasteiger partial charge on any atom is -0.463 e. The van der Waals surface area contributed by atoms with Crippen LogP contribution in [0.15, 0.2) is 53.1 Å². The average molecular weight is 400 g/mol. The van der Waals surface area contributed by atoms with E-state index in [-0.39, 0.29) is 6.04 Å². The third-order valence-corrected chi connectivity index (χ3v) is 5.40. The van der Waals surface area contributed by atoms with Gasteiger partial charge in [-0.25, -0.2) is 0 Å². The first-order chi connectivity index (χ1) is 14.2. The Morgan fingerprint density at radius 1 is 1.07 bits per heavy atom. The van der Waals surface area contributed by atoms with Crippen LogP contribution in [0.25, 0.3) is 0 Å². The summed E-state index contributed by atoms with van der Waals surface area (Å²) in [5.74, 6) is -0.319. The number of piperazine rings is 1. The van der Waals surface area contributed by atoms with Gasteiger partial charge in [0.15, 0.2) is 11.8 Å². The van der Waals surface area contributed by atoms with Crippen molar-refractivity contribution in [1.29, 1.82) is 0 Å². The minimum absolute atomic E-state index is 0.0182. The van der Waals surface area contributed by atoms with Crippen LogP contribution < -0.4 is 20.4 Å². The summed E-state index contributed by atoms with van der Waals surface area (Å²) in [4.78, 5) is 27.8. The number of para-hydroxylation sites is 1. The molecule has 2 heterocycles. The minimum atomic E-state index is -0.583. The van der Waals surface area contributed by atoms with E-state index in [1.54, 1.807) is 6.26 Å². The fourth-order valence-corrected chi connectivity index (χ4v) is 3.71. The Hall–Kier alpha value is -2.80. The van der Waals surface area contributed by atoms with Gasteiger partial charge in [0.2, 0.25) is 0 Å². The third-order valence-electron chi connectivity index (χ3n) is 5.40. The molecule has 2 amide bonds. The lowest BCUT2D eigenvalue weighted by molar-refractivity contribution is -0.932. The first kappa shape index (κ1) is 20.9. The molecule has 1 fully saturated rings. The number of rotatable bonds is 8. The van der Waals surface area contributed by atoms with E-state index in [9.17, 15) is 9.59 Å². The highest BCUT2D eigenvalue weighted by Crippen LogP contribution is 2.14. The molecule has 1 aromatic carbocycles. The molecule has 7 heteroatoms. The average Bonchev–Trinajstić information content (AvgIpc) is 3.29. The molecule has 1 aliphatic rings. The smallest absolute Gasteiger partial charge is 0.309 e. The Morgan fingerprint density at radius 3 is 2.45 bits per heavy atom. The SMILES string of the molecule is CCCCNC(=O)C(=O)NC[C@H](c1ccco1)[NH+]1CCN(c2ccccc2)CC1. The number of amides is 2. The summed E-state index contributed by atoms with van der Waals surface area (Å²) in [6.07, 6.45) is 3.49. The van der Waals surface area contributed by atoms with Crippen LogP contribution in [0, 0.1) is 0 Å². The van der Waals surface area contributed by atoms with Crippen molar-refractivity contribution in [2.45, 2.75) is 25.8 Å². The highest BCUT2D eigenvalue weighted by molar-refractivity contribution is 6.35. The van der Waals surface area contributed by atoms with Gasteiger partial charge in [-0.1, -0.05) is 31.5 Å². The summed E-state index contributed by atoms with van der Waals surface area (Å²) in [6.45, 7) is 6.66. The normalized spacial score (nSPS) is 15.7. The third kappa shape index (κ3) is 5.84. The zero-order valence-electron chi connectivity index (χ0n) is 17.0. The molecule has 3 N–H and O–H groups in total. The Morgan fingerprint density at radius 2 is 1.79 bits per heavy atom. The molecule has 29 heavy (non-hydrogen) atoms. The Balaban J connectivity index is 1.56. The van der Waals surface area contributed by atoms with Crippen LogP contribution >= 0.6 is 0 Å². The highest BCUT2D eigenvalue weighted by Gasteiger charge is 2.31. The van der Waals surface area contributed by atoms with E-state index in [1.807, 2.05) is 25.1 Å². The van der Waals surface area contributed by atoms with Crippen molar-refractivity contribution in [2.75, 3.05) is 44.2 Å². The first-order valence-corrected chi connectivity index (χ1v) is 10.4. The van der Waals surface area contributed by atoms with Gasteiger partial charge in [0, 0.05) is 12.2 Å². The van der Waals surface area contributed by atoms with Gasteiger partial charge in [-0.3, -0.25) is 9.59 Å². The molecular weight excluding hydrogens is 368 g/mol. The summed E-state index contributed by atoms with van der Waals surface area (Å²) < 4.78 is 5.65. The van der Waals surface area contributed by atoms with Crippen LogP contribution in [-0.2, 0) is 9.59 Å². The van der Waals surface area contributed by atoms with Crippen molar-refractivity contribution < 1.29 is 18.9 Å². The largest absolute Gasteiger partial charge is 0.463 e. The predicted molar refractivity (Wildman–Crippen MR) is 112 cm³/mol. The number of anilines is 1. The number of hydrogen-bond donors (Lipinski definition) is 3. The molecular formula is C22H31N4O3+. The molecule has 2 aromatic rings. The monoisotopic (exact) mass is 399 g/mol. The van der Waals surface area contributed by atoms with Crippen LogP contribution in [0.4, 0.5) is 5.69 Å². The van der Waals surface area contributed by atoms with E-state index < -0.39 is 11.8 Å². The topological polar surface area (TPSA) is 79.0 Å². The van der Waals surface area contributed by atoms with Gasteiger partial charge in [-0.15, -0.1) is 0 Å². The molecule has 0 unspecified atom stereocenters. The second kappa shape index (κ2) is 10.7. The maximum Gasteiger partial charge on any atom is 0.309 e. The lowest BCUT2D eigenvalue weighted by atomic mass is 10.1. The van der Waals surface area contributed by atoms with Crippen molar-refractivity contribution in [3.05, 3.63) is 54.5 Å². The molecule has 1 aromatic heterocycles. The quantitative estimate of drug-likeness (QED) is 0.452. The molecule has 0 saturated carbocycles. The maximum atomic E-state index is 12.2. The van der Waals surface area contributed by atoms with Gasteiger partial charge in [-0.05, 0) is 30.7 Å². The van der Waals surface area contributed by atoms with Crippen LogP contribution in [0.3, 0.4) is 0 Å². The summed E-state index contributed by atoms with van der Waals surface area (Å²) in [5, 5.41) is 5.45. The van der Waals surface area contributed by atoms with E-state index in [1.165, 1.54) is 10.6 Å². The van der Waals surface area contributed by atoms with Crippen molar-refractivity contribution >= 4 is 17.5 Å². The zero-order valence-corrected chi connectivity index (χ0v) is 17.0. The molecule has 1 aliphatic heterocycles. The van der Waals surface area contributed by atoms with Gasteiger partial charge in [0.1, 0.15) is 0 Å². The number of furan rings is 1. The van der Waals surface area contributed by atoms with Crippen molar-refractivity contribution in [2.24, 2.45) is 0 Å². The molecule has 1 atom stereocenters. The lowest BCUT2D eigenvalue weighted by Gasteiger charge is -2.37. The molecule has 0 radical (unpaired) electrons. The molecule has 0 aliphatic carbocycles. The van der Waals surface area contributed by atoms with E-state index >= 15 is 0 Å². The number of nitrogens with zero attached hydrogens (tertiary/aromatic N) is 1. The summed E-state index contributed by atoms with van der Waals surface area (Å²) in [7, 11) is 0. The van der Waals surface area contributed by atoms with E-state index in [4.69, 9.17) is 4.42 Å². The predicted octanol–water partition coefficient (Wildman–Crippen LogP) is 0.758. The fraction of sp³-hybridized carbons (Fsp3) is 0.455. The molecule has 156 valence electrons. The number of hydrogen-bond acceptors (Lipinski definition) is 4. The van der Waals surface area contributed by atoms with Crippen LogP contribution in [-0.4, -0.2) is 51.1 Å². The first-order valence-electron chi connectivity index (χ1n) is 10.4. The maximum absolute atomic E-state index is 12.2. The highest BCUT2D eigenvalue weighted by atomic mass is 16.3.